The number of benzene rings is 1. The zero-order chi connectivity index (χ0) is 11.6. The van der Waals surface area contributed by atoms with Gasteiger partial charge >= 0.3 is 0 Å². The number of halogens is 1. The summed E-state index contributed by atoms with van der Waals surface area (Å²) in [4.78, 5) is 0. The molecular formula is C14H21IO. The molecule has 1 nitrogen and oxygen atoms in total. The van der Waals surface area contributed by atoms with Gasteiger partial charge in [-0.25, -0.2) is 0 Å². The highest BCUT2D eigenvalue weighted by Crippen LogP contribution is 2.12. The largest absolute Gasteiger partial charge is 0.377 e. The second-order valence-electron chi connectivity index (χ2n) is 4.26. The van der Waals surface area contributed by atoms with Crippen LogP contribution >= 0.6 is 22.6 Å². The van der Waals surface area contributed by atoms with Gasteiger partial charge in [0.1, 0.15) is 0 Å². The molecule has 1 aromatic rings. The molecule has 0 saturated heterocycles. The summed E-state index contributed by atoms with van der Waals surface area (Å²) in [6, 6.07) is 10.4. The van der Waals surface area contributed by atoms with E-state index in [1.165, 1.54) is 29.3 Å². The minimum atomic E-state index is 0.750. The molecule has 0 aromatic heterocycles. The predicted octanol–water partition coefficient (Wildman–Crippen LogP) is 4.44. The van der Waals surface area contributed by atoms with Crippen LogP contribution in [-0.4, -0.2) is 11.0 Å². The fourth-order valence-electron chi connectivity index (χ4n) is 1.62. The van der Waals surface area contributed by atoms with Crippen molar-refractivity contribution in [3.8, 4) is 0 Å². The van der Waals surface area contributed by atoms with Crippen LogP contribution in [-0.2, 0) is 11.3 Å². The van der Waals surface area contributed by atoms with Crippen LogP contribution in [0.3, 0.4) is 0 Å². The molecule has 0 aliphatic heterocycles. The van der Waals surface area contributed by atoms with E-state index in [0.717, 1.165) is 19.1 Å². The van der Waals surface area contributed by atoms with E-state index in [-0.39, 0.29) is 0 Å². The van der Waals surface area contributed by atoms with E-state index in [4.69, 9.17) is 4.74 Å². The van der Waals surface area contributed by atoms with E-state index >= 15 is 0 Å². The first-order chi connectivity index (χ1) is 7.83. The average Bonchev–Trinajstić information content (AvgIpc) is 2.33. The zero-order valence-corrected chi connectivity index (χ0v) is 12.2. The Bertz CT molecular complexity index is 261. The second-order valence-corrected chi connectivity index (χ2v) is 5.34. The third-order valence-electron chi connectivity index (χ3n) is 2.70. The first kappa shape index (κ1) is 14.0. The van der Waals surface area contributed by atoms with Crippen molar-refractivity contribution in [1.82, 2.24) is 0 Å². The maximum Gasteiger partial charge on any atom is 0.0716 e. The lowest BCUT2D eigenvalue weighted by Gasteiger charge is -2.10. The SMILES string of the molecule is CC(CCCI)CCOCc1ccccc1. The maximum absolute atomic E-state index is 5.67. The quantitative estimate of drug-likeness (QED) is 0.388. The van der Waals surface area contributed by atoms with E-state index in [1.54, 1.807) is 0 Å². The standard InChI is InChI=1S/C14H21IO/c1-13(6-5-10-15)9-11-16-12-14-7-3-2-4-8-14/h2-4,7-8,13H,5-6,9-12H2,1H3. The Balaban J connectivity index is 2.03. The fourth-order valence-corrected chi connectivity index (χ4v) is 2.06. The van der Waals surface area contributed by atoms with Crippen molar-refractivity contribution < 1.29 is 4.74 Å². The van der Waals surface area contributed by atoms with Gasteiger partial charge in [0.25, 0.3) is 0 Å². The third-order valence-corrected chi connectivity index (χ3v) is 3.46. The number of hydrogen-bond donors (Lipinski definition) is 0. The molecule has 0 aliphatic carbocycles. The highest BCUT2D eigenvalue weighted by atomic mass is 127. The average molecular weight is 332 g/mol. The smallest absolute Gasteiger partial charge is 0.0716 e. The lowest BCUT2D eigenvalue weighted by molar-refractivity contribution is 0.108. The summed E-state index contributed by atoms with van der Waals surface area (Å²) in [6.07, 6.45) is 3.85. The van der Waals surface area contributed by atoms with Gasteiger partial charge in [-0.1, -0.05) is 59.8 Å². The van der Waals surface area contributed by atoms with E-state index in [0.29, 0.717) is 0 Å². The van der Waals surface area contributed by atoms with Gasteiger partial charge in [-0.05, 0) is 35.2 Å². The van der Waals surface area contributed by atoms with Crippen molar-refractivity contribution in [1.29, 1.82) is 0 Å². The van der Waals surface area contributed by atoms with Gasteiger partial charge in [-0.2, -0.15) is 0 Å². The zero-order valence-electron chi connectivity index (χ0n) is 9.99. The number of ether oxygens (including phenoxy) is 1. The molecule has 0 spiro atoms. The van der Waals surface area contributed by atoms with Crippen LogP contribution in [0.4, 0.5) is 0 Å². The van der Waals surface area contributed by atoms with Gasteiger partial charge < -0.3 is 4.74 Å². The molecule has 0 saturated carbocycles. The van der Waals surface area contributed by atoms with Crippen molar-refractivity contribution in [3.63, 3.8) is 0 Å². The molecule has 0 aliphatic rings. The van der Waals surface area contributed by atoms with Crippen molar-refractivity contribution in [2.24, 2.45) is 5.92 Å². The Kier molecular flexibility index (Phi) is 7.85. The molecule has 2 heteroatoms. The van der Waals surface area contributed by atoms with E-state index in [2.05, 4.69) is 53.8 Å². The second kappa shape index (κ2) is 8.99. The van der Waals surface area contributed by atoms with Crippen LogP contribution < -0.4 is 0 Å². The first-order valence-corrected chi connectivity index (χ1v) is 7.53. The maximum atomic E-state index is 5.67. The molecule has 0 N–H and O–H groups in total. The lowest BCUT2D eigenvalue weighted by Crippen LogP contribution is -2.02. The van der Waals surface area contributed by atoms with Crippen LogP contribution in [0.5, 0.6) is 0 Å². The first-order valence-electron chi connectivity index (χ1n) is 6.00. The Labute approximate surface area is 113 Å². The van der Waals surface area contributed by atoms with Gasteiger partial charge in [-0.15, -0.1) is 0 Å². The topological polar surface area (TPSA) is 9.23 Å². The molecule has 1 atom stereocenters. The van der Waals surface area contributed by atoms with Crippen LogP contribution in [0.25, 0.3) is 0 Å². The Morgan fingerprint density at radius 2 is 1.94 bits per heavy atom. The monoisotopic (exact) mass is 332 g/mol. The highest BCUT2D eigenvalue weighted by Gasteiger charge is 2.01. The summed E-state index contributed by atoms with van der Waals surface area (Å²) < 4.78 is 6.94. The molecule has 0 bridgehead atoms. The number of hydrogen-bond acceptors (Lipinski definition) is 1. The fraction of sp³-hybridized carbons (Fsp3) is 0.571. The molecule has 1 unspecified atom stereocenters. The summed E-state index contributed by atoms with van der Waals surface area (Å²) in [6.45, 7) is 3.95. The minimum absolute atomic E-state index is 0.750. The Morgan fingerprint density at radius 1 is 1.19 bits per heavy atom. The molecule has 0 radical (unpaired) electrons. The molecule has 0 fully saturated rings. The van der Waals surface area contributed by atoms with Crippen molar-refractivity contribution in [2.45, 2.75) is 32.8 Å². The van der Waals surface area contributed by atoms with Crippen molar-refractivity contribution in [2.75, 3.05) is 11.0 Å². The summed E-state index contributed by atoms with van der Waals surface area (Å²) in [5.74, 6) is 0.797. The van der Waals surface area contributed by atoms with Crippen LogP contribution in [0.15, 0.2) is 30.3 Å². The molecule has 90 valence electrons. The van der Waals surface area contributed by atoms with Gasteiger partial charge in [0, 0.05) is 6.61 Å². The van der Waals surface area contributed by atoms with Crippen LogP contribution in [0, 0.1) is 5.92 Å². The van der Waals surface area contributed by atoms with Crippen LogP contribution in [0.2, 0.25) is 0 Å². The Hall–Kier alpha value is -0.0900. The third kappa shape index (κ3) is 6.48. The molecule has 1 rings (SSSR count). The summed E-state index contributed by atoms with van der Waals surface area (Å²) in [7, 11) is 0. The van der Waals surface area contributed by atoms with Gasteiger partial charge in [0.15, 0.2) is 0 Å². The van der Waals surface area contributed by atoms with E-state index in [1.807, 2.05) is 6.07 Å². The van der Waals surface area contributed by atoms with E-state index in [9.17, 15) is 0 Å². The van der Waals surface area contributed by atoms with Crippen molar-refractivity contribution >= 4 is 22.6 Å². The molecule has 0 amide bonds. The summed E-state index contributed by atoms with van der Waals surface area (Å²) >= 11 is 2.44. The summed E-state index contributed by atoms with van der Waals surface area (Å²) in [5.41, 5.74) is 1.27. The molecular weight excluding hydrogens is 311 g/mol. The van der Waals surface area contributed by atoms with Crippen molar-refractivity contribution in [3.05, 3.63) is 35.9 Å². The highest BCUT2D eigenvalue weighted by molar-refractivity contribution is 14.1. The van der Waals surface area contributed by atoms with Gasteiger partial charge in [0.2, 0.25) is 0 Å². The van der Waals surface area contributed by atoms with Crippen LogP contribution in [0.1, 0.15) is 31.7 Å². The molecule has 16 heavy (non-hydrogen) atoms. The minimum Gasteiger partial charge on any atom is -0.377 e. The predicted molar refractivity (Wildman–Crippen MR) is 78.0 cm³/mol. The summed E-state index contributed by atoms with van der Waals surface area (Å²) in [5, 5.41) is 0. The lowest BCUT2D eigenvalue weighted by atomic mass is 10.0. The van der Waals surface area contributed by atoms with Gasteiger partial charge in [-0.3, -0.25) is 0 Å². The van der Waals surface area contributed by atoms with Gasteiger partial charge in [0.05, 0.1) is 6.61 Å². The number of alkyl halides is 1. The number of rotatable bonds is 8. The normalized spacial score (nSPS) is 12.6. The van der Waals surface area contributed by atoms with E-state index < -0.39 is 0 Å². The molecule has 1 aromatic carbocycles. The Morgan fingerprint density at radius 3 is 2.62 bits per heavy atom. The molecule has 0 heterocycles.